The van der Waals surface area contributed by atoms with E-state index in [0.29, 0.717) is 13.0 Å². The Morgan fingerprint density at radius 1 is 1.33 bits per heavy atom. The summed E-state index contributed by atoms with van der Waals surface area (Å²) in [6.45, 7) is 7.24. The van der Waals surface area contributed by atoms with Crippen LogP contribution in [0.4, 0.5) is 16.2 Å². The van der Waals surface area contributed by atoms with Gasteiger partial charge in [0, 0.05) is 20.1 Å². The van der Waals surface area contributed by atoms with Gasteiger partial charge in [0.15, 0.2) is 0 Å². The molecular formula is C16H27N3O2. The highest BCUT2D eigenvalue weighted by Gasteiger charge is 2.11. The molecule has 0 saturated carbocycles. The second-order valence-corrected chi connectivity index (χ2v) is 5.56. The number of carbonyl (C=O) groups excluding carboxylic acids is 1. The maximum Gasteiger partial charge on any atom is 0.319 e. The number of aliphatic hydroxyl groups is 1. The number of para-hydroxylation sites is 2. The topological polar surface area (TPSA) is 64.6 Å². The van der Waals surface area contributed by atoms with Gasteiger partial charge in [-0.1, -0.05) is 19.1 Å². The SMILES string of the molecule is CCN(C)c1ccccc1NC(=O)NC[C@@H](C)C[C@H](C)O. The van der Waals surface area contributed by atoms with Crippen LogP contribution in [0.25, 0.3) is 0 Å². The molecular weight excluding hydrogens is 266 g/mol. The van der Waals surface area contributed by atoms with Gasteiger partial charge in [0.25, 0.3) is 0 Å². The first-order chi connectivity index (χ1) is 9.93. The molecule has 1 aromatic carbocycles. The molecule has 1 rings (SSSR count). The first kappa shape index (κ1) is 17.3. The van der Waals surface area contributed by atoms with Crippen molar-refractivity contribution in [2.24, 2.45) is 5.92 Å². The molecule has 0 spiro atoms. The minimum atomic E-state index is -0.344. The Morgan fingerprint density at radius 2 is 2.00 bits per heavy atom. The van der Waals surface area contributed by atoms with Crippen molar-refractivity contribution in [3.8, 4) is 0 Å². The van der Waals surface area contributed by atoms with Crippen LogP contribution in [-0.2, 0) is 0 Å². The average molecular weight is 293 g/mol. The summed E-state index contributed by atoms with van der Waals surface area (Å²) >= 11 is 0. The fourth-order valence-electron chi connectivity index (χ4n) is 2.18. The van der Waals surface area contributed by atoms with Gasteiger partial charge in [-0.2, -0.15) is 0 Å². The van der Waals surface area contributed by atoms with Crippen molar-refractivity contribution < 1.29 is 9.90 Å². The number of nitrogens with zero attached hydrogens (tertiary/aromatic N) is 1. The minimum absolute atomic E-state index is 0.218. The number of hydrogen-bond acceptors (Lipinski definition) is 3. The van der Waals surface area contributed by atoms with Crippen LogP contribution in [0.3, 0.4) is 0 Å². The lowest BCUT2D eigenvalue weighted by Gasteiger charge is -2.21. The van der Waals surface area contributed by atoms with Gasteiger partial charge in [-0.15, -0.1) is 0 Å². The molecule has 5 heteroatoms. The Bertz CT molecular complexity index is 449. The molecule has 0 heterocycles. The summed E-state index contributed by atoms with van der Waals surface area (Å²) < 4.78 is 0. The van der Waals surface area contributed by atoms with Crippen LogP contribution >= 0.6 is 0 Å². The summed E-state index contributed by atoms with van der Waals surface area (Å²) in [6.07, 6.45) is 0.332. The van der Waals surface area contributed by atoms with Crippen LogP contribution in [-0.4, -0.2) is 37.4 Å². The van der Waals surface area contributed by atoms with Gasteiger partial charge in [-0.25, -0.2) is 4.79 Å². The lowest BCUT2D eigenvalue weighted by molar-refractivity contribution is 0.163. The summed E-state index contributed by atoms with van der Waals surface area (Å²) in [4.78, 5) is 14.0. The highest BCUT2D eigenvalue weighted by atomic mass is 16.3. The average Bonchev–Trinajstić information content (AvgIpc) is 2.44. The summed E-state index contributed by atoms with van der Waals surface area (Å²) in [5, 5.41) is 15.0. The molecule has 0 radical (unpaired) electrons. The zero-order chi connectivity index (χ0) is 15.8. The van der Waals surface area contributed by atoms with E-state index in [0.717, 1.165) is 17.9 Å². The minimum Gasteiger partial charge on any atom is -0.393 e. The summed E-state index contributed by atoms with van der Waals surface area (Å²) in [5.74, 6) is 0.240. The molecule has 118 valence electrons. The van der Waals surface area contributed by atoms with Gasteiger partial charge in [0.2, 0.25) is 0 Å². The molecule has 3 N–H and O–H groups in total. The molecule has 0 unspecified atom stereocenters. The van der Waals surface area contributed by atoms with E-state index in [1.165, 1.54) is 0 Å². The van der Waals surface area contributed by atoms with Crippen molar-refractivity contribution in [1.29, 1.82) is 0 Å². The second-order valence-electron chi connectivity index (χ2n) is 5.56. The van der Waals surface area contributed by atoms with Crippen LogP contribution in [0.2, 0.25) is 0 Å². The number of aliphatic hydroxyl groups excluding tert-OH is 1. The standard InChI is InChI=1S/C16H27N3O2/c1-5-19(4)15-9-7-6-8-14(15)18-16(21)17-11-12(2)10-13(3)20/h6-9,12-13,20H,5,10-11H2,1-4H3,(H2,17,18,21)/t12-,13-/m0/s1. The van der Waals surface area contributed by atoms with Crippen LogP contribution in [0, 0.1) is 5.92 Å². The van der Waals surface area contributed by atoms with Gasteiger partial charge >= 0.3 is 6.03 Å². The van der Waals surface area contributed by atoms with Gasteiger partial charge in [-0.3, -0.25) is 0 Å². The maximum atomic E-state index is 12.0. The van der Waals surface area contributed by atoms with Crippen LogP contribution in [0.1, 0.15) is 27.2 Å². The molecule has 0 aromatic heterocycles. The highest BCUT2D eigenvalue weighted by molar-refractivity contribution is 5.93. The highest BCUT2D eigenvalue weighted by Crippen LogP contribution is 2.24. The lowest BCUT2D eigenvalue weighted by Crippen LogP contribution is -2.33. The van der Waals surface area contributed by atoms with Crippen molar-refractivity contribution in [3.05, 3.63) is 24.3 Å². The van der Waals surface area contributed by atoms with Crippen molar-refractivity contribution in [1.82, 2.24) is 5.32 Å². The first-order valence-corrected chi connectivity index (χ1v) is 7.47. The van der Waals surface area contributed by atoms with E-state index >= 15 is 0 Å². The van der Waals surface area contributed by atoms with Crippen molar-refractivity contribution in [3.63, 3.8) is 0 Å². The molecule has 21 heavy (non-hydrogen) atoms. The fourth-order valence-corrected chi connectivity index (χ4v) is 2.18. The molecule has 2 amide bonds. The number of nitrogens with one attached hydrogen (secondary N) is 2. The maximum absolute atomic E-state index is 12.0. The van der Waals surface area contributed by atoms with Crippen LogP contribution < -0.4 is 15.5 Å². The second kappa shape index (κ2) is 8.52. The molecule has 1 aromatic rings. The molecule has 0 aliphatic carbocycles. The van der Waals surface area contributed by atoms with Crippen molar-refractivity contribution in [2.75, 3.05) is 30.4 Å². The zero-order valence-corrected chi connectivity index (χ0v) is 13.4. The lowest BCUT2D eigenvalue weighted by atomic mass is 10.1. The number of rotatable bonds is 7. The molecule has 0 aliphatic rings. The van der Waals surface area contributed by atoms with Gasteiger partial charge < -0.3 is 20.6 Å². The Kier molecular flexibility index (Phi) is 7.02. The molecule has 2 atom stereocenters. The first-order valence-electron chi connectivity index (χ1n) is 7.47. The zero-order valence-electron chi connectivity index (χ0n) is 13.4. The molecule has 5 nitrogen and oxygen atoms in total. The van der Waals surface area contributed by atoms with Gasteiger partial charge in [0.1, 0.15) is 0 Å². The molecule has 0 fully saturated rings. The molecule has 0 saturated heterocycles. The van der Waals surface area contributed by atoms with E-state index in [2.05, 4.69) is 22.5 Å². The summed E-state index contributed by atoms with van der Waals surface area (Å²) in [5.41, 5.74) is 1.79. The van der Waals surface area contributed by atoms with E-state index in [9.17, 15) is 9.90 Å². The Morgan fingerprint density at radius 3 is 2.62 bits per heavy atom. The number of hydrogen-bond donors (Lipinski definition) is 3. The quantitative estimate of drug-likeness (QED) is 0.724. The third-order valence-electron chi connectivity index (χ3n) is 3.39. The molecule has 0 aliphatic heterocycles. The van der Waals surface area contributed by atoms with E-state index in [1.54, 1.807) is 6.92 Å². The van der Waals surface area contributed by atoms with E-state index in [4.69, 9.17) is 0 Å². The number of benzene rings is 1. The van der Waals surface area contributed by atoms with Crippen molar-refractivity contribution >= 4 is 17.4 Å². The largest absolute Gasteiger partial charge is 0.393 e. The normalized spacial score (nSPS) is 13.4. The van der Waals surface area contributed by atoms with Crippen LogP contribution in [0.15, 0.2) is 24.3 Å². The fraction of sp³-hybridized carbons (Fsp3) is 0.562. The predicted molar refractivity (Wildman–Crippen MR) is 87.9 cm³/mol. The number of amides is 2. The molecule has 0 bridgehead atoms. The van der Waals surface area contributed by atoms with E-state index < -0.39 is 0 Å². The number of carbonyl (C=O) groups is 1. The predicted octanol–water partition coefficient (Wildman–Crippen LogP) is 2.67. The van der Waals surface area contributed by atoms with E-state index in [-0.39, 0.29) is 18.1 Å². The third-order valence-corrected chi connectivity index (χ3v) is 3.39. The third kappa shape index (κ3) is 6.04. The number of urea groups is 1. The Labute approximate surface area is 127 Å². The van der Waals surface area contributed by atoms with Crippen molar-refractivity contribution in [2.45, 2.75) is 33.3 Å². The smallest absolute Gasteiger partial charge is 0.319 e. The summed E-state index contributed by atoms with van der Waals surface area (Å²) in [6, 6.07) is 7.51. The Hall–Kier alpha value is -1.75. The monoisotopic (exact) mass is 293 g/mol. The number of anilines is 2. The van der Waals surface area contributed by atoms with Gasteiger partial charge in [0.05, 0.1) is 17.5 Å². The van der Waals surface area contributed by atoms with E-state index in [1.807, 2.05) is 38.2 Å². The summed E-state index contributed by atoms with van der Waals surface area (Å²) in [7, 11) is 1.99. The van der Waals surface area contributed by atoms with Gasteiger partial charge in [-0.05, 0) is 38.3 Å². The van der Waals surface area contributed by atoms with Crippen LogP contribution in [0.5, 0.6) is 0 Å². The Balaban J connectivity index is 2.55.